The van der Waals surface area contributed by atoms with Crippen LogP contribution < -0.4 is 20.1 Å². The molecule has 0 aliphatic heterocycles. The van der Waals surface area contributed by atoms with Crippen LogP contribution in [0.25, 0.3) is 0 Å². The van der Waals surface area contributed by atoms with Crippen molar-refractivity contribution in [3.05, 3.63) is 54.1 Å². The summed E-state index contributed by atoms with van der Waals surface area (Å²) in [5.74, 6) is 0.839. The van der Waals surface area contributed by atoms with Crippen molar-refractivity contribution in [2.24, 2.45) is 0 Å². The number of hydrogen-bond donors (Lipinski definition) is 2. The lowest BCUT2D eigenvalue weighted by atomic mass is 9.86. The molecule has 0 aliphatic rings. The van der Waals surface area contributed by atoms with E-state index in [0.717, 1.165) is 5.56 Å². The lowest BCUT2D eigenvalue weighted by Crippen LogP contribution is -2.28. The van der Waals surface area contributed by atoms with E-state index >= 15 is 0 Å². The summed E-state index contributed by atoms with van der Waals surface area (Å²) in [6.45, 7) is 8.60. The Morgan fingerprint density at radius 1 is 0.893 bits per heavy atom. The first-order valence-electron chi connectivity index (χ1n) is 9.31. The Kier molecular flexibility index (Phi) is 7.44. The Hall–Kier alpha value is -3.02. The molecule has 0 radical (unpaired) electrons. The SMILES string of the molecule is CCNC(=O)COc1ccc(NC(=O)COc2ccccc2C(C)(C)C)cc1. The molecule has 0 aromatic heterocycles. The highest BCUT2D eigenvalue weighted by Gasteiger charge is 2.18. The van der Waals surface area contributed by atoms with E-state index in [1.165, 1.54) is 0 Å². The van der Waals surface area contributed by atoms with E-state index in [4.69, 9.17) is 9.47 Å². The minimum atomic E-state index is -0.250. The summed E-state index contributed by atoms with van der Waals surface area (Å²) >= 11 is 0. The van der Waals surface area contributed by atoms with Crippen molar-refractivity contribution in [3.63, 3.8) is 0 Å². The van der Waals surface area contributed by atoms with Gasteiger partial charge in [0, 0.05) is 12.2 Å². The minimum absolute atomic E-state index is 0.0411. The predicted octanol–water partition coefficient (Wildman–Crippen LogP) is 3.52. The molecule has 2 aromatic rings. The summed E-state index contributed by atoms with van der Waals surface area (Å²) in [6.07, 6.45) is 0. The van der Waals surface area contributed by atoms with Gasteiger partial charge in [0.15, 0.2) is 13.2 Å². The lowest BCUT2D eigenvalue weighted by Gasteiger charge is -2.22. The van der Waals surface area contributed by atoms with Gasteiger partial charge < -0.3 is 20.1 Å². The van der Waals surface area contributed by atoms with Gasteiger partial charge in [-0.3, -0.25) is 9.59 Å². The van der Waals surface area contributed by atoms with Crippen LogP contribution in [0.3, 0.4) is 0 Å². The average Bonchev–Trinajstić information content (AvgIpc) is 2.65. The molecule has 2 amide bonds. The van der Waals surface area contributed by atoms with Gasteiger partial charge in [-0.25, -0.2) is 0 Å². The van der Waals surface area contributed by atoms with Crippen molar-refractivity contribution >= 4 is 17.5 Å². The fraction of sp³-hybridized carbons (Fsp3) is 0.364. The van der Waals surface area contributed by atoms with Gasteiger partial charge in [-0.05, 0) is 48.2 Å². The van der Waals surface area contributed by atoms with Crippen LogP contribution in [0.5, 0.6) is 11.5 Å². The predicted molar refractivity (Wildman–Crippen MR) is 110 cm³/mol. The first-order valence-corrected chi connectivity index (χ1v) is 9.31. The van der Waals surface area contributed by atoms with Crippen LogP contribution in [0.1, 0.15) is 33.3 Å². The molecular formula is C22H28N2O4. The summed E-state index contributed by atoms with van der Waals surface area (Å²) < 4.78 is 11.1. The number of nitrogens with one attached hydrogen (secondary N) is 2. The molecule has 0 atom stereocenters. The van der Waals surface area contributed by atoms with Gasteiger partial charge in [0.1, 0.15) is 11.5 Å². The highest BCUT2D eigenvalue weighted by Crippen LogP contribution is 2.30. The van der Waals surface area contributed by atoms with Crippen LogP contribution in [0, 0.1) is 0 Å². The second kappa shape index (κ2) is 9.78. The standard InChI is InChI=1S/C22H28N2O4/c1-5-23-20(25)14-27-17-12-10-16(11-13-17)24-21(26)15-28-19-9-7-6-8-18(19)22(2,3)4/h6-13H,5,14-15H2,1-4H3,(H,23,25)(H,24,26). The number of rotatable bonds is 8. The molecule has 0 bridgehead atoms. The number of benzene rings is 2. The van der Waals surface area contributed by atoms with E-state index in [1.54, 1.807) is 24.3 Å². The molecule has 28 heavy (non-hydrogen) atoms. The number of likely N-dealkylation sites (N-methyl/N-ethyl adjacent to an activating group) is 1. The van der Waals surface area contributed by atoms with Crippen LogP contribution in [0.2, 0.25) is 0 Å². The van der Waals surface area contributed by atoms with E-state index in [-0.39, 0.29) is 30.4 Å². The normalized spacial score (nSPS) is 10.9. The Labute approximate surface area is 166 Å². The van der Waals surface area contributed by atoms with Gasteiger partial charge >= 0.3 is 0 Å². The molecule has 0 aliphatic carbocycles. The molecular weight excluding hydrogens is 356 g/mol. The fourth-order valence-corrected chi connectivity index (χ4v) is 2.58. The quantitative estimate of drug-likeness (QED) is 0.730. The summed E-state index contributed by atoms with van der Waals surface area (Å²) in [5.41, 5.74) is 1.61. The summed E-state index contributed by atoms with van der Waals surface area (Å²) in [4.78, 5) is 23.6. The van der Waals surface area contributed by atoms with Crippen LogP contribution in [0.15, 0.2) is 48.5 Å². The topological polar surface area (TPSA) is 76.7 Å². The molecule has 2 N–H and O–H groups in total. The van der Waals surface area contributed by atoms with Crippen molar-refractivity contribution in [2.45, 2.75) is 33.1 Å². The third kappa shape index (κ3) is 6.61. The van der Waals surface area contributed by atoms with Gasteiger partial charge in [-0.15, -0.1) is 0 Å². The first kappa shape index (κ1) is 21.3. The molecule has 6 nitrogen and oxygen atoms in total. The molecule has 0 spiro atoms. The minimum Gasteiger partial charge on any atom is -0.484 e. The van der Waals surface area contributed by atoms with Crippen molar-refractivity contribution in [1.82, 2.24) is 5.32 Å². The maximum atomic E-state index is 12.2. The molecule has 2 rings (SSSR count). The van der Waals surface area contributed by atoms with Gasteiger partial charge in [0.05, 0.1) is 0 Å². The number of hydrogen-bond acceptors (Lipinski definition) is 4. The van der Waals surface area contributed by atoms with E-state index < -0.39 is 0 Å². The summed E-state index contributed by atoms with van der Waals surface area (Å²) in [5, 5.41) is 5.44. The zero-order chi connectivity index (χ0) is 20.6. The number of para-hydroxylation sites is 1. The van der Waals surface area contributed by atoms with E-state index in [1.807, 2.05) is 31.2 Å². The highest BCUT2D eigenvalue weighted by molar-refractivity contribution is 5.91. The Balaban J connectivity index is 1.86. The van der Waals surface area contributed by atoms with Gasteiger partial charge in [-0.2, -0.15) is 0 Å². The van der Waals surface area contributed by atoms with Crippen molar-refractivity contribution < 1.29 is 19.1 Å². The third-order valence-electron chi connectivity index (χ3n) is 3.94. The Bertz CT molecular complexity index is 795. The fourth-order valence-electron chi connectivity index (χ4n) is 2.58. The number of carbonyl (C=O) groups excluding carboxylic acids is 2. The van der Waals surface area contributed by atoms with Crippen molar-refractivity contribution in [3.8, 4) is 11.5 Å². The molecule has 0 saturated heterocycles. The highest BCUT2D eigenvalue weighted by atomic mass is 16.5. The number of anilines is 1. The number of ether oxygens (including phenoxy) is 2. The number of amides is 2. The van der Waals surface area contributed by atoms with Crippen LogP contribution in [-0.4, -0.2) is 31.6 Å². The maximum absolute atomic E-state index is 12.2. The molecule has 0 fully saturated rings. The van der Waals surface area contributed by atoms with E-state index in [0.29, 0.717) is 23.7 Å². The van der Waals surface area contributed by atoms with Crippen LogP contribution in [-0.2, 0) is 15.0 Å². The zero-order valence-corrected chi connectivity index (χ0v) is 16.9. The molecule has 6 heteroatoms. The number of carbonyl (C=O) groups is 2. The molecule has 0 saturated carbocycles. The summed E-state index contributed by atoms with van der Waals surface area (Å²) in [6, 6.07) is 14.6. The van der Waals surface area contributed by atoms with Gasteiger partial charge in [0.2, 0.25) is 0 Å². The Morgan fingerprint density at radius 3 is 2.18 bits per heavy atom. The third-order valence-corrected chi connectivity index (χ3v) is 3.94. The lowest BCUT2D eigenvalue weighted by molar-refractivity contribution is -0.123. The van der Waals surface area contributed by atoms with Crippen molar-refractivity contribution in [2.75, 3.05) is 25.1 Å². The van der Waals surface area contributed by atoms with Crippen LogP contribution in [0.4, 0.5) is 5.69 Å². The van der Waals surface area contributed by atoms with Gasteiger partial charge in [-0.1, -0.05) is 39.0 Å². The average molecular weight is 384 g/mol. The van der Waals surface area contributed by atoms with Crippen LogP contribution >= 0.6 is 0 Å². The van der Waals surface area contributed by atoms with E-state index in [9.17, 15) is 9.59 Å². The maximum Gasteiger partial charge on any atom is 0.262 e. The van der Waals surface area contributed by atoms with E-state index in [2.05, 4.69) is 31.4 Å². The molecule has 0 unspecified atom stereocenters. The zero-order valence-electron chi connectivity index (χ0n) is 16.9. The molecule has 0 heterocycles. The second-order valence-corrected chi connectivity index (χ2v) is 7.35. The van der Waals surface area contributed by atoms with Gasteiger partial charge in [0.25, 0.3) is 11.8 Å². The Morgan fingerprint density at radius 2 is 1.54 bits per heavy atom. The molecule has 2 aromatic carbocycles. The monoisotopic (exact) mass is 384 g/mol. The smallest absolute Gasteiger partial charge is 0.262 e. The van der Waals surface area contributed by atoms with Crippen molar-refractivity contribution in [1.29, 1.82) is 0 Å². The molecule has 150 valence electrons. The largest absolute Gasteiger partial charge is 0.484 e. The second-order valence-electron chi connectivity index (χ2n) is 7.35. The first-order chi connectivity index (χ1) is 13.3. The summed E-state index contributed by atoms with van der Waals surface area (Å²) in [7, 11) is 0.